The van der Waals surface area contributed by atoms with Crippen molar-refractivity contribution in [3.8, 4) is 5.75 Å². The Morgan fingerprint density at radius 1 is 1.36 bits per heavy atom. The molecule has 0 radical (unpaired) electrons. The van der Waals surface area contributed by atoms with Gasteiger partial charge >= 0.3 is 0 Å². The first kappa shape index (κ1) is 16.7. The Bertz CT molecular complexity index is 486. The van der Waals surface area contributed by atoms with E-state index in [2.05, 4.69) is 30.1 Å². The van der Waals surface area contributed by atoms with Gasteiger partial charge in [0.05, 0.1) is 12.8 Å². The van der Waals surface area contributed by atoms with Crippen LogP contribution in [-0.2, 0) is 4.79 Å². The zero-order chi connectivity index (χ0) is 15.9. The summed E-state index contributed by atoms with van der Waals surface area (Å²) in [4.78, 5) is 14.4. The number of rotatable bonds is 7. The topological polar surface area (TPSA) is 41.6 Å². The molecule has 1 aliphatic rings. The molecule has 0 spiro atoms. The van der Waals surface area contributed by atoms with Crippen LogP contribution in [0.3, 0.4) is 0 Å². The molecule has 1 heterocycles. The molecule has 1 fully saturated rings. The molecule has 0 bridgehead atoms. The summed E-state index contributed by atoms with van der Waals surface area (Å²) in [6.45, 7) is 6.93. The van der Waals surface area contributed by atoms with E-state index in [1.807, 2.05) is 18.2 Å². The number of amides is 1. The Balaban J connectivity index is 1.87. The molecule has 22 heavy (non-hydrogen) atoms. The predicted molar refractivity (Wildman–Crippen MR) is 90.4 cm³/mol. The van der Waals surface area contributed by atoms with Gasteiger partial charge in [-0.3, -0.25) is 4.79 Å². The SMILES string of the molecule is CCC(CC)C(=O)NC[C@H]1CCN(c2ccccc2OC)C1. The third kappa shape index (κ3) is 3.93. The molecule has 2 rings (SSSR count). The zero-order valence-corrected chi connectivity index (χ0v) is 14.0. The van der Waals surface area contributed by atoms with Crippen molar-refractivity contribution >= 4 is 11.6 Å². The first-order valence-corrected chi connectivity index (χ1v) is 8.35. The fourth-order valence-corrected chi connectivity index (χ4v) is 3.16. The maximum absolute atomic E-state index is 12.1. The van der Waals surface area contributed by atoms with Gasteiger partial charge in [0, 0.05) is 25.6 Å². The van der Waals surface area contributed by atoms with Crippen LogP contribution in [0.25, 0.3) is 0 Å². The van der Waals surface area contributed by atoms with Crippen molar-refractivity contribution in [1.29, 1.82) is 0 Å². The number of carbonyl (C=O) groups excluding carboxylic acids is 1. The van der Waals surface area contributed by atoms with Gasteiger partial charge in [0.25, 0.3) is 0 Å². The van der Waals surface area contributed by atoms with Crippen molar-refractivity contribution in [2.75, 3.05) is 31.6 Å². The van der Waals surface area contributed by atoms with Gasteiger partial charge in [-0.05, 0) is 37.3 Å². The molecule has 1 atom stereocenters. The molecule has 0 unspecified atom stereocenters. The van der Waals surface area contributed by atoms with E-state index in [-0.39, 0.29) is 11.8 Å². The van der Waals surface area contributed by atoms with Crippen molar-refractivity contribution in [1.82, 2.24) is 5.32 Å². The van der Waals surface area contributed by atoms with Gasteiger partial charge in [0.15, 0.2) is 0 Å². The minimum Gasteiger partial charge on any atom is -0.495 e. The van der Waals surface area contributed by atoms with E-state index in [1.54, 1.807) is 7.11 Å². The highest BCUT2D eigenvalue weighted by atomic mass is 16.5. The average Bonchev–Trinajstić information content (AvgIpc) is 3.02. The molecular weight excluding hydrogens is 276 g/mol. The van der Waals surface area contributed by atoms with E-state index >= 15 is 0 Å². The van der Waals surface area contributed by atoms with E-state index in [9.17, 15) is 4.79 Å². The highest BCUT2D eigenvalue weighted by molar-refractivity contribution is 5.78. The Hall–Kier alpha value is -1.71. The number of carbonyl (C=O) groups is 1. The second kappa shape index (κ2) is 8.06. The highest BCUT2D eigenvalue weighted by Crippen LogP contribution is 2.31. The maximum atomic E-state index is 12.1. The van der Waals surface area contributed by atoms with Crippen LogP contribution in [0.5, 0.6) is 5.75 Å². The number of nitrogens with zero attached hydrogens (tertiary/aromatic N) is 1. The number of nitrogens with one attached hydrogen (secondary N) is 1. The number of ether oxygens (including phenoxy) is 1. The monoisotopic (exact) mass is 304 g/mol. The van der Waals surface area contributed by atoms with E-state index in [4.69, 9.17) is 4.74 Å². The first-order chi connectivity index (χ1) is 10.7. The fourth-order valence-electron chi connectivity index (χ4n) is 3.16. The van der Waals surface area contributed by atoms with Gasteiger partial charge in [-0.1, -0.05) is 26.0 Å². The summed E-state index contributed by atoms with van der Waals surface area (Å²) >= 11 is 0. The van der Waals surface area contributed by atoms with Crippen LogP contribution in [0, 0.1) is 11.8 Å². The first-order valence-electron chi connectivity index (χ1n) is 8.35. The van der Waals surface area contributed by atoms with Gasteiger partial charge in [-0.2, -0.15) is 0 Å². The third-order valence-corrected chi connectivity index (χ3v) is 4.63. The molecular formula is C18H28N2O2. The van der Waals surface area contributed by atoms with Gasteiger partial charge in [-0.25, -0.2) is 0 Å². The van der Waals surface area contributed by atoms with E-state index in [0.29, 0.717) is 5.92 Å². The van der Waals surface area contributed by atoms with Crippen LogP contribution in [0.15, 0.2) is 24.3 Å². The molecule has 4 nitrogen and oxygen atoms in total. The van der Waals surface area contributed by atoms with Crippen LogP contribution in [0.2, 0.25) is 0 Å². The minimum absolute atomic E-state index is 0.159. The van der Waals surface area contributed by atoms with Gasteiger partial charge < -0.3 is 15.0 Å². The van der Waals surface area contributed by atoms with Crippen molar-refractivity contribution in [2.45, 2.75) is 33.1 Å². The lowest BCUT2D eigenvalue weighted by molar-refractivity contribution is -0.125. The molecule has 1 N–H and O–H groups in total. The maximum Gasteiger partial charge on any atom is 0.223 e. The van der Waals surface area contributed by atoms with Gasteiger partial charge in [-0.15, -0.1) is 0 Å². The Morgan fingerprint density at radius 2 is 2.09 bits per heavy atom. The quantitative estimate of drug-likeness (QED) is 0.841. The summed E-state index contributed by atoms with van der Waals surface area (Å²) in [6.07, 6.45) is 2.95. The van der Waals surface area contributed by atoms with Crippen LogP contribution < -0.4 is 15.0 Å². The number of benzene rings is 1. The zero-order valence-electron chi connectivity index (χ0n) is 14.0. The number of methoxy groups -OCH3 is 1. The standard InChI is InChI=1S/C18H28N2O2/c1-4-15(5-2)18(21)19-12-14-10-11-20(13-14)16-8-6-7-9-17(16)22-3/h6-9,14-15H,4-5,10-13H2,1-3H3,(H,19,21)/t14-/m1/s1. The van der Waals surface area contributed by atoms with Crippen LogP contribution in [-0.4, -0.2) is 32.7 Å². The highest BCUT2D eigenvalue weighted by Gasteiger charge is 2.25. The van der Waals surface area contributed by atoms with E-state index in [1.165, 1.54) is 0 Å². The Labute approximate surface area is 133 Å². The van der Waals surface area contributed by atoms with E-state index in [0.717, 1.165) is 50.3 Å². The number of para-hydroxylation sites is 2. The van der Waals surface area contributed by atoms with Crippen LogP contribution >= 0.6 is 0 Å². The molecule has 1 aromatic rings. The second-order valence-electron chi connectivity index (χ2n) is 6.03. The number of hydrogen-bond donors (Lipinski definition) is 1. The minimum atomic E-state index is 0.159. The van der Waals surface area contributed by atoms with Crippen molar-refractivity contribution < 1.29 is 9.53 Å². The predicted octanol–water partition coefficient (Wildman–Crippen LogP) is 3.07. The van der Waals surface area contributed by atoms with Crippen molar-refractivity contribution in [3.05, 3.63) is 24.3 Å². The largest absolute Gasteiger partial charge is 0.495 e. The molecule has 1 amide bonds. The molecule has 1 aliphatic heterocycles. The van der Waals surface area contributed by atoms with Crippen molar-refractivity contribution in [2.24, 2.45) is 11.8 Å². The summed E-state index contributed by atoms with van der Waals surface area (Å²) < 4.78 is 5.44. The summed E-state index contributed by atoms with van der Waals surface area (Å²) in [5, 5.41) is 3.13. The summed E-state index contributed by atoms with van der Waals surface area (Å²) in [6, 6.07) is 8.13. The lowest BCUT2D eigenvalue weighted by Gasteiger charge is -2.21. The molecule has 0 saturated carbocycles. The Morgan fingerprint density at radius 3 is 2.77 bits per heavy atom. The average molecular weight is 304 g/mol. The Kier molecular flexibility index (Phi) is 6.10. The lowest BCUT2D eigenvalue weighted by atomic mass is 10.0. The van der Waals surface area contributed by atoms with Gasteiger partial charge in [0.2, 0.25) is 5.91 Å². The fraction of sp³-hybridized carbons (Fsp3) is 0.611. The molecule has 122 valence electrons. The van der Waals surface area contributed by atoms with Gasteiger partial charge in [0.1, 0.15) is 5.75 Å². The third-order valence-electron chi connectivity index (χ3n) is 4.63. The molecule has 1 aromatic carbocycles. The summed E-state index contributed by atoms with van der Waals surface area (Å²) in [5.41, 5.74) is 1.15. The number of anilines is 1. The smallest absolute Gasteiger partial charge is 0.223 e. The van der Waals surface area contributed by atoms with E-state index < -0.39 is 0 Å². The second-order valence-corrected chi connectivity index (χ2v) is 6.03. The number of hydrogen-bond acceptors (Lipinski definition) is 3. The molecule has 0 aromatic heterocycles. The summed E-state index contributed by atoms with van der Waals surface area (Å²) in [7, 11) is 1.71. The molecule has 1 saturated heterocycles. The van der Waals surface area contributed by atoms with Crippen LogP contribution in [0.4, 0.5) is 5.69 Å². The molecule has 4 heteroatoms. The summed E-state index contributed by atoms with van der Waals surface area (Å²) in [5.74, 6) is 1.81. The lowest BCUT2D eigenvalue weighted by Crippen LogP contribution is -2.35. The van der Waals surface area contributed by atoms with Crippen molar-refractivity contribution in [3.63, 3.8) is 0 Å². The normalized spacial score (nSPS) is 17.8. The molecule has 0 aliphatic carbocycles. The van der Waals surface area contributed by atoms with Crippen LogP contribution in [0.1, 0.15) is 33.1 Å².